The fraction of sp³-hybridized carbons (Fsp3) is 0.360. The lowest BCUT2D eigenvalue weighted by atomic mass is 9.81. The van der Waals surface area contributed by atoms with Crippen molar-refractivity contribution < 1.29 is 19.2 Å². The van der Waals surface area contributed by atoms with E-state index in [1.807, 2.05) is 0 Å². The predicted molar refractivity (Wildman–Crippen MR) is 151 cm³/mol. The van der Waals surface area contributed by atoms with Crippen molar-refractivity contribution in [3.05, 3.63) is 68.7 Å². The van der Waals surface area contributed by atoms with E-state index in [0.717, 1.165) is 10.0 Å². The predicted octanol–water partition coefficient (Wildman–Crippen LogP) is 6.81. The number of carbonyl (C=O) groups is 4. The Labute approximate surface area is 250 Å². The molecule has 0 aromatic heterocycles. The summed E-state index contributed by atoms with van der Waals surface area (Å²) in [6.45, 7) is 0. The molecule has 37 heavy (non-hydrogen) atoms. The smallest absolute Gasteiger partial charge is 0.275 e. The van der Waals surface area contributed by atoms with Crippen LogP contribution < -0.4 is 0 Å². The summed E-state index contributed by atoms with van der Waals surface area (Å²) in [4.78, 5) is 55.1. The van der Waals surface area contributed by atoms with Gasteiger partial charge in [0.25, 0.3) is 17.7 Å². The van der Waals surface area contributed by atoms with Crippen LogP contribution in [0.4, 0.5) is 0 Å². The van der Waals surface area contributed by atoms with Gasteiger partial charge < -0.3 is 0 Å². The zero-order valence-corrected chi connectivity index (χ0v) is 25.2. The Kier molecular flexibility index (Phi) is 9.29. The summed E-state index contributed by atoms with van der Waals surface area (Å²) in [5.41, 5.74) is 0.235. The Morgan fingerprint density at radius 1 is 0.919 bits per heavy atom. The van der Waals surface area contributed by atoms with Crippen LogP contribution in [0.15, 0.2) is 42.5 Å². The highest BCUT2D eigenvalue weighted by atomic mass is 79.9. The molecular weight excluding hydrogens is 694 g/mol. The monoisotopic (exact) mass is 710 g/mol. The summed E-state index contributed by atoms with van der Waals surface area (Å²) in [5, 5.41) is 2.51. The molecule has 1 saturated carbocycles. The second-order valence-corrected chi connectivity index (χ2v) is 12.9. The SMILES string of the molecule is O=C(c1ccc(Cl)cc1)[C@H](CCCl)N(C(=O)c1ccc(Cl)cc1Cl)N1C(=O)[C@H]2C[C@@H](Br)[C@@H](Br)C[C@H]2C1=O. The van der Waals surface area contributed by atoms with E-state index in [-0.39, 0.29) is 38.1 Å². The molecule has 12 heteroatoms. The molecule has 1 saturated heterocycles. The van der Waals surface area contributed by atoms with E-state index < -0.39 is 41.4 Å². The lowest BCUT2D eigenvalue weighted by molar-refractivity contribution is -0.156. The molecule has 5 atom stereocenters. The molecule has 1 heterocycles. The molecular formula is C25H20Br2Cl4N2O4. The van der Waals surface area contributed by atoms with Crippen molar-refractivity contribution in [3.8, 4) is 0 Å². The first-order chi connectivity index (χ1) is 17.5. The number of hydrogen-bond acceptors (Lipinski definition) is 4. The maximum absolute atomic E-state index is 14.0. The second-order valence-electron chi connectivity index (χ2n) is 8.84. The summed E-state index contributed by atoms with van der Waals surface area (Å²) >= 11 is 31.6. The number of Topliss-reactive ketones (excluding diaryl/α,β-unsaturated/α-hetero) is 1. The average molecular weight is 714 g/mol. The number of carbonyl (C=O) groups excluding carboxylic acids is 4. The Bertz CT molecular complexity index is 1220. The third-order valence-electron chi connectivity index (χ3n) is 6.58. The number of alkyl halides is 3. The number of ketones is 1. The average Bonchev–Trinajstić information content (AvgIpc) is 3.08. The number of amides is 3. The summed E-state index contributed by atoms with van der Waals surface area (Å²) < 4.78 is 0. The van der Waals surface area contributed by atoms with Crippen LogP contribution in [0.2, 0.25) is 15.1 Å². The first-order valence-electron chi connectivity index (χ1n) is 11.3. The number of rotatable bonds is 7. The highest BCUT2D eigenvalue weighted by Crippen LogP contribution is 2.44. The van der Waals surface area contributed by atoms with Crippen molar-refractivity contribution in [2.75, 3.05) is 5.88 Å². The van der Waals surface area contributed by atoms with Gasteiger partial charge in [-0.25, -0.2) is 5.01 Å². The molecule has 2 aromatic carbocycles. The van der Waals surface area contributed by atoms with Gasteiger partial charge in [-0.05, 0) is 61.7 Å². The van der Waals surface area contributed by atoms with Crippen molar-refractivity contribution in [1.82, 2.24) is 10.0 Å². The Hall–Kier alpha value is -1.16. The molecule has 2 aliphatic rings. The maximum Gasteiger partial charge on any atom is 0.275 e. The van der Waals surface area contributed by atoms with E-state index in [1.165, 1.54) is 30.3 Å². The van der Waals surface area contributed by atoms with Crippen LogP contribution in [-0.4, -0.2) is 55.1 Å². The van der Waals surface area contributed by atoms with Crippen molar-refractivity contribution in [2.45, 2.75) is 35.0 Å². The van der Waals surface area contributed by atoms with Crippen molar-refractivity contribution in [3.63, 3.8) is 0 Å². The van der Waals surface area contributed by atoms with Crippen LogP contribution in [0, 0.1) is 11.8 Å². The van der Waals surface area contributed by atoms with Gasteiger partial charge in [-0.2, -0.15) is 5.01 Å². The largest absolute Gasteiger partial charge is 0.292 e. The Morgan fingerprint density at radius 3 is 1.97 bits per heavy atom. The summed E-state index contributed by atoms with van der Waals surface area (Å²) in [6, 6.07) is 9.10. The number of halogens is 6. The number of hydrazine groups is 1. The molecule has 6 nitrogen and oxygen atoms in total. The third kappa shape index (κ3) is 5.75. The number of nitrogens with zero attached hydrogens (tertiary/aromatic N) is 2. The molecule has 2 fully saturated rings. The minimum atomic E-state index is -1.26. The van der Waals surface area contributed by atoms with Gasteiger partial charge in [0, 0.05) is 31.1 Å². The van der Waals surface area contributed by atoms with E-state index >= 15 is 0 Å². The van der Waals surface area contributed by atoms with Crippen LogP contribution in [0.25, 0.3) is 0 Å². The first-order valence-corrected chi connectivity index (χ1v) is 14.8. The van der Waals surface area contributed by atoms with Gasteiger partial charge in [0.1, 0.15) is 6.04 Å². The van der Waals surface area contributed by atoms with Gasteiger partial charge in [-0.3, -0.25) is 19.2 Å². The molecule has 4 rings (SSSR count). The molecule has 0 N–H and O–H groups in total. The summed E-state index contributed by atoms with van der Waals surface area (Å²) in [7, 11) is 0. The maximum atomic E-state index is 14.0. The minimum absolute atomic E-state index is 0.0123. The van der Waals surface area contributed by atoms with E-state index in [4.69, 9.17) is 46.4 Å². The normalized spacial score (nSPS) is 24.1. The summed E-state index contributed by atoms with van der Waals surface area (Å²) in [5.74, 6) is -3.65. The summed E-state index contributed by atoms with van der Waals surface area (Å²) in [6.07, 6.45) is 0.780. The number of benzene rings is 2. The van der Waals surface area contributed by atoms with Gasteiger partial charge in [-0.1, -0.05) is 66.7 Å². The molecule has 1 aliphatic carbocycles. The Balaban J connectivity index is 1.83. The van der Waals surface area contributed by atoms with E-state index in [0.29, 0.717) is 22.9 Å². The van der Waals surface area contributed by atoms with Crippen LogP contribution in [-0.2, 0) is 9.59 Å². The lowest BCUT2D eigenvalue weighted by Crippen LogP contribution is -2.57. The highest BCUT2D eigenvalue weighted by molar-refractivity contribution is 9.12. The highest BCUT2D eigenvalue weighted by Gasteiger charge is 2.56. The molecule has 2 aromatic rings. The zero-order chi connectivity index (χ0) is 27.0. The molecule has 0 radical (unpaired) electrons. The second kappa shape index (κ2) is 11.9. The van der Waals surface area contributed by atoms with Gasteiger partial charge in [0.15, 0.2) is 5.78 Å². The molecule has 0 bridgehead atoms. The van der Waals surface area contributed by atoms with Crippen molar-refractivity contribution >= 4 is 102 Å². The quantitative estimate of drug-likeness (QED) is 0.180. The molecule has 1 aliphatic heterocycles. The number of imide groups is 1. The zero-order valence-electron chi connectivity index (χ0n) is 19.1. The fourth-order valence-electron chi connectivity index (χ4n) is 4.72. The standard InChI is InChI=1S/C25H20Br2Cl4N2O4/c26-18-10-16-17(11-19(18)27)25(37)33(24(16)36)32(23(35)15-6-5-14(30)9-20(15)31)21(7-8-28)22(34)12-1-3-13(29)4-2-12/h1-6,9,16-19,21H,7-8,10-11H2/t16-,17+,18+,19-,21-/m0/s1. The van der Waals surface area contributed by atoms with Crippen LogP contribution in [0.3, 0.4) is 0 Å². The van der Waals surface area contributed by atoms with Crippen molar-refractivity contribution in [2.24, 2.45) is 11.8 Å². The first kappa shape index (κ1) is 28.8. The van der Waals surface area contributed by atoms with E-state index in [2.05, 4.69) is 31.9 Å². The Morgan fingerprint density at radius 2 is 1.46 bits per heavy atom. The molecule has 196 valence electrons. The molecule has 3 amide bonds. The number of fused-ring (bicyclic) bond motifs is 1. The van der Waals surface area contributed by atoms with Gasteiger partial charge in [0.05, 0.1) is 22.4 Å². The van der Waals surface area contributed by atoms with Crippen LogP contribution in [0.1, 0.15) is 40.0 Å². The van der Waals surface area contributed by atoms with E-state index in [9.17, 15) is 19.2 Å². The number of hydrogen-bond donors (Lipinski definition) is 0. The van der Waals surface area contributed by atoms with Crippen LogP contribution >= 0.6 is 78.3 Å². The minimum Gasteiger partial charge on any atom is -0.292 e. The third-order valence-corrected chi connectivity index (χ3v) is 10.3. The van der Waals surface area contributed by atoms with E-state index in [1.54, 1.807) is 12.1 Å². The molecule has 0 spiro atoms. The van der Waals surface area contributed by atoms with Gasteiger partial charge in [-0.15, -0.1) is 11.6 Å². The van der Waals surface area contributed by atoms with Gasteiger partial charge >= 0.3 is 0 Å². The lowest BCUT2D eigenvalue weighted by Gasteiger charge is -2.36. The van der Waals surface area contributed by atoms with Crippen molar-refractivity contribution in [1.29, 1.82) is 0 Å². The topological polar surface area (TPSA) is 74.8 Å². The van der Waals surface area contributed by atoms with Crippen LogP contribution in [0.5, 0.6) is 0 Å². The molecule has 0 unspecified atom stereocenters. The fourth-order valence-corrected chi connectivity index (χ4v) is 6.78. The van der Waals surface area contributed by atoms with Gasteiger partial charge in [0.2, 0.25) is 0 Å².